The van der Waals surface area contributed by atoms with E-state index in [9.17, 15) is 0 Å². The van der Waals surface area contributed by atoms with E-state index in [4.69, 9.17) is 4.74 Å². The molecule has 0 aliphatic rings. The highest BCUT2D eigenvalue weighted by Crippen LogP contribution is 2.13. The van der Waals surface area contributed by atoms with Crippen molar-refractivity contribution < 1.29 is 4.74 Å². The average Bonchev–Trinajstić information content (AvgIpc) is 2.98. The lowest BCUT2D eigenvalue weighted by Crippen LogP contribution is -2.33. The van der Waals surface area contributed by atoms with Crippen molar-refractivity contribution in [2.45, 2.75) is 32.5 Å². The first-order valence-corrected chi connectivity index (χ1v) is 6.56. The lowest BCUT2D eigenvalue weighted by Gasteiger charge is -2.21. The molecule has 0 saturated carbocycles. The summed E-state index contributed by atoms with van der Waals surface area (Å²) in [7, 11) is 1.68. The Bertz CT molecular complexity index is 479. The lowest BCUT2D eigenvalue weighted by atomic mass is 10.1. The standard InChI is InChI=1S/C15H21N3O/c1-12(13(2)18-10-4-9-17-18)16-11-14-5-7-15(19-3)8-6-14/h4-10,12-13,16H,11H2,1-3H3/t12-,13-/m0/s1. The topological polar surface area (TPSA) is 39.1 Å². The highest BCUT2D eigenvalue weighted by Gasteiger charge is 2.13. The quantitative estimate of drug-likeness (QED) is 0.866. The highest BCUT2D eigenvalue weighted by molar-refractivity contribution is 5.27. The molecule has 1 N–H and O–H groups in total. The largest absolute Gasteiger partial charge is 0.497 e. The SMILES string of the molecule is COc1ccc(CN[C@@H](C)[C@H](C)n2cccn2)cc1. The van der Waals surface area contributed by atoms with Gasteiger partial charge in [0.2, 0.25) is 0 Å². The third-order valence-corrected chi connectivity index (χ3v) is 3.45. The first-order valence-electron chi connectivity index (χ1n) is 6.56. The van der Waals surface area contributed by atoms with E-state index in [2.05, 4.69) is 36.4 Å². The molecule has 1 heterocycles. The van der Waals surface area contributed by atoms with Crippen LogP contribution in [0.4, 0.5) is 0 Å². The molecule has 0 bridgehead atoms. The van der Waals surface area contributed by atoms with E-state index in [1.165, 1.54) is 5.56 Å². The van der Waals surface area contributed by atoms with E-state index in [1.807, 2.05) is 35.3 Å². The summed E-state index contributed by atoms with van der Waals surface area (Å²) in [6.07, 6.45) is 3.81. The van der Waals surface area contributed by atoms with Gasteiger partial charge in [-0.3, -0.25) is 4.68 Å². The first kappa shape index (κ1) is 13.6. The molecule has 0 spiro atoms. The van der Waals surface area contributed by atoms with E-state index >= 15 is 0 Å². The molecule has 0 amide bonds. The highest BCUT2D eigenvalue weighted by atomic mass is 16.5. The predicted octanol–water partition coefficient (Wildman–Crippen LogP) is 2.63. The Morgan fingerprint density at radius 1 is 1.26 bits per heavy atom. The molecule has 2 aromatic rings. The second-order valence-electron chi connectivity index (χ2n) is 4.74. The molecule has 2 rings (SSSR count). The Balaban J connectivity index is 1.87. The number of hydrogen-bond acceptors (Lipinski definition) is 3. The van der Waals surface area contributed by atoms with Gasteiger partial charge < -0.3 is 10.1 Å². The fourth-order valence-electron chi connectivity index (χ4n) is 1.94. The van der Waals surface area contributed by atoms with Crippen LogP contribution in [0.25, 0.3) is 0 Å². The Morgan fingerprint density at radius 3 is 2.58 bits per heavy atom. The van der Waals surface area contributed by atoms with Crippen LogP contribution in [0.3, 0.4) is 0 Å². The molecule has 0 fully saturated rings. The van der Waals surface area contributed by atoms with Gasteiger partial charge in [-0.15, -0.1) is 0 Å². The third-order valence-electron chi connectivity index (χ3n) is 3.45. The summed E-state index contributed by atoms with van der Waals surface area (Å²) in [6.45, 7) is 5.19. The maximum absolute atomic E-state index is 5.15. The van der Waals surface area contributed by atoms with E-state index in [0.717, 1.165) is 12.3 Å². The number of aromatic nitrogens is 2. The van der Waals surface area contributed by atoms with Crippen LogP contribution in [0.5, 0.6) is 5.75 Å². The molecular weight excluding hydrogens is 238 g/mol. The van der Waals surface area contributed by atoms with Gasteiger partial charge in [-0.1, -0.05) is 12.1 Å². The van der Waals surface area contributed by atoms with Gasteiger partial charge >= 0.3 is 0 Å². The summed E-state index contributed by atoms with van der Waals surface area (Å²) in [5.74, 6) is 0.890. The van der Waals surface area contributed by atoms with Crippen molar-refractivity contribution in [3.05, 3.63) is 48.3 Å². The number of hydrogen-bond donors (Lipinski definition) is 1. The summed E-state index contributed by atoms with van der Waals surface area (Å²) in [5.41, 5.74) is 1.25. The molecule has 102 valence electrons. The number of benzene rings is 1. The van der Waals surface area contributed by atoms with Crippen molar-refractivity contribution in [2.24, 2.45) is 0 Å². The van der Waals surface area contributed by atoms with Gasteiger partial charge in [-0.2, -0.15) is 5.10 Å². The van der Waals surface area contributed by atoms with Crippen LogP contribution in [0.1, 0.15) is 25.5 Å². The van der Waals surface area contributed by atoms with Crippen molar-refractivity contribution >= 4 is 0 Å². The Kier molecular flexibility index (Phi) is 4.58. The molecular formula is C15H21N3O. The Labute approximate surface area is 114 Å². The van der Waals surface area contributed by atoms with Gasteiger partial charge in [0.05, 0.1) is 13.2 Å². The van der Waals surface area contributed by atoms with Gasteiger partial charge in [-0.25, -0.2) is 0 Å². The number of nitrogens with one attached hydrogen (secondary N) is 1. The number of ether oxygens (including phenoxy) is 1. The molecule has 0 unspecified atom stereocenters. The minimum absolute atomic E-state index is 0.327. The minimum atomic E-state index is 0.327. The van der Waals surface area contributed by atoms with Crippen molar-refractivity contribution in [3.63, 3.8) is 0 Å². The first-order chi connectivity index (χ1) is 9.20. The van der Waals surface area contributed by atoms with Crippen LogP contribution < -0.4 is 10.1 Å². The van der Waals surface area contributed by atoms with Crippen LogP contribution >= 0.6 is 0 Å². The van der Waals surface area contributed by atoms with Crippen molar-refractivity contribution in [1.29, 1.82) is 0 Å². The summed E-state index contributed by atoms with van der Waals surface area (Å²) in [5, 5.41) is 7.80. The summed E-state index contributed by atoms with van der Waals surface area (Å²) in [6, 6.07) is 10.8. The normalized spacial score (nSPS) is 14.1. The molecule has 1 aromatic carbocycles. The smallest absolute Gasteiger partial charge is 0.118 e. The summed E-state index contributed by atoms with van der Waals surface area (Å²) >= 11 is 0. The lowest BCUT2D eigenvalue weighted by molar-refractivity contribution is 0.365. The van der Waals surface area contributed by atoms with E-state index < -0.39 is 0 Å². The fraction of sp³-hybridized carbons (Fsp3) is 0.400. The van der Waals surface area contributed by atoms with Crippen molar-refractivity contribution in [2.75, 3.05) is 7.11 Å². The molecule has 0 aliphatic heterocycles. The van der Waals surface area contributed by atoms with Gasteiger partial charge in [-0.05, 0) is 37.6 Å². The van der Waals surface area contributed by atoms with Crippen molar-refractivity contribution in [3.8, 4) is 5.75 Å². The Morgan fingerprint density at radius 2 is 2.00 bits per heavy atom. The van der Waals surface area contributed by atoms with Gasteiger partial charge in [0.25, 0.3) is 0 Å². The second-order valence-corrected chi connectivity index (χ2v) is 4.74. The molecule has 4 heteroatoms. The van der Waals surface area contributed by atoms with Gasteiger partial charge in [0, 0.05) is 25.0 Å². The maximum Gasteiger partial charge on any atom is 0.118 e. The van der Waals surface area contributed by atoms with E-state index in [0.29, 0.717) is 12.1 Å². The van der Waals surface area contributed by atoms with Gasteiger partial charge in [0.15, 0.2) is 0 Å². The van der Waals surface area contributed by atoms with Crippen LogP contribution in [0.15, 0.2) is 42.7 Å². The molecule has 0 saturated heterocycles. The number of methoxy groups -OCH3 is 1. The third kappa shape index (κ3) is 3.58. The second kappa shape index (κ2) is 6.38. The van der Waals surface area contributed by atoms with E-state index in [1.54, 1.807) is 7.11 Å². The Hall–Kier alpha value is -1.81. The molecule has 4 nitrogen and oxygen atoms in total. The van der Waals surface area contributed by atoms with Crippen LogP contribution in [-0.4, -0.2) is 22.9 Å². The van der Waals surface area contributed by atoms with Crippen LogP contribution in [-0.2, 0) is 6.54 Å². The maximum atomic E-state index is 5.15. The molecule has 19 heavy (non-hydrogen) atoms. The van der Waals surface area contributed by atoms with Crippen molar-refractivity contribution in [1.82, 2.24) is 15.1 Å². The van der Waals surface area contributed by atoms with Crippen LogP contribution in [0, 0.1) is 0 Å². The zero-order chi connectivity index (χ0) is 13.7. The van der Waals surface area contributed by atoms with Crippen LogP contribution in [0.2, 0.25) is 0 Å². The molecule has 2 atom stereocenters. The monoisotopic (exact) mass is 259 g/mol. The summed E-state index contributed by atoms with van der Waals surface area (Å²) in [4.78, 5) is 0. The fourth-order valence-corrected chi connectivity index (χ4v) is 1.94. The molecule has 0 aliphatic carbocycles. The average molecular weight is 259 g/mol. The minimum Gasteiger partial charge on any atom is -0.497 e. The zero-order valence-corrected chi connectivity index (χ0v) is 11.7. The van der Waals surface area contributed by atoms with E-state index in [-0.39, 0.29) is 0 Å². The zero-order valence-electron chi connectivity index (χ0n) is 11.7. The molecule has 0 radical (unpaired) electrons. The predicted molar refractivity (Wildman–Crippen MR) is 76.2 cm³/mol. The summed E-state index contributed by atoms with van der Waals surface area (Å²) < 4.78 is 7.13. The number of nitrogens with zero attached hydrogens (tertiary/aromatic N) is 2. The molecule has 1 aromatic heterocycles. The number of rotatable bonds is 6. The van der Waals surface area contributed by atoms with Gasteiger partial charge in [0.1, 0.15) is 5.75 Å².